The maximum Gasteiger partial charge on any atom is 0.414 e. The van der Waals surface area contributed by atoms with Crippen molar-refractivity contribution in [1.29, 1.82) is 0 Å². The lowest BCUT2D eigenvalue weighted by Crippen LogP contribution is -2.31. The first-order chi connectivity index (χ1) is 7.69. The van der Waals surface area contributed by atoms with Gasteiger partial charge in [-0.15, -0.1) is 0 Å². The highest BCUT2D eigenvalue weighted by Gasteiger charge is 2.14. The maximum absolute atomic E-state index is 11.5. The van der Waals surface area contributed by atoms with Crippen LogP contribution in [-0.4, -0.2) is 24.9 Å². The summed E-state index contributed by atoms with van der Waals surface area (Å²) in [6, 6.07) is 6.05. The number of nitrogens with one attached hydrogen (secondary N) is 1. The molecule has 1 radical (unpaired) electrons. The molecule has 2 amide bonds. The molecule has 1 aromatic carbocycles. The molecule has 0 aliphatic rings. The molecule has 16 heavy (non-hydrogen) atoms. The van der Waals surface area contributed by atoms with Crippen molar-refractivity contribution in [1.82, 2.24) is 5.32 Å². The van der Waals surface area contributed by atoms with Crippen LogP contribution in [0.5, 0.6) is 0 Å². The summed E-state index contributed by atoms with van der Waals surface area (Å²) >= 11 is 0. The van der Waals surface area contributed by atoms with Gasteiger partial charge < -0.3 is 4.74 Å². The molecule has 0 saturated heterocycles. The number of carbonyl (C=O) groups is 2. The van der Waals surface area contributed by atoms with E-state index in [0.717, 1.165) is 0 Å². The summed E-state index contributed by atoms with van der Waals surface area (Å²) < 4.78 is 4.54. The van der Waals surface area contributed by atoms with Crippen LogP contribution in [0.15, 0.2) is 24.3 Å². The largest absolute Gasteiger partial charge is 0.450 e. The quantitative estimate of drug-likeness (QED) is 0.825. The molecule has 83 valence electrons. The van der Waals surface area contributed by atoms with Gasteiger partial charge >= 0.3 is 6.09 Å². The molecule has 0 aromatic heterocycles. The minimum Gasteiger partial charge on any atom is -0.450 e. The zero-order chi connectivity index (χ0) is 12.0. The number of carbonyl (C=O) groups excluding carboxylic acids is 3. The van der Waals surface area contributed by atoms with E-state index in [-0.39, 0.29) is 17.7 Å². The molecule has 0 atom stereocenters. The van der Waals surface area contributed by atoms with Crippen molar-refractivity contribution >= 4 is 18.3 Å². The van der Waals surface area contributed by atoms with Crippen LogP contribution in [0.4, 0.5) is 4.79 Å². The third kappa shape index (κ3) is 2.91. The summed E-state index contributed by atoms with van der Waals surface area (Å²) in [4.78, 5) is 33.0. The van der Waals surface area contributed by atoms with Crippen molar-refractivity contribution in [2.45, 2.75) is 6.92 Å². The molecule has 1 aromatic rings. The molecule has 0 aliphatic heterocycles. The summed E-state index contributed by atoms with van der Waals surface area (Å²) in [5.74, 6) is -0.683. The first-order valence-corrected chi connectivity index (χ1v) is 4.64. The fourth-order valence-corrected chi connectivity index (χ4v) is 1.10. The monoisotopic (exact) mass is 220 g/mol. The number of imide groups is 1. The van der Waals surface area contributed by atoms with Gasteiger partial charge in [-0.2, -0.15) is 0 Å². The van der Waals surface area contributed by atoms with E-state index in [2.05, 4.69) is 4.74 Å². The number of benzene rings is 1. The van der Waals surface area contributed by atoms with Crippen LogP contribution in [0, 0.1) is 0 Å². The summed E-state index contributed by atoms with van der Waals surface area (Å²) in [5, 5.41) is 1.99. The zero-order valence-corrected chi connectivity index (χ0v) is 8.65. The van der Waals surface area contributed by atoms with Crippen molar-refractivity contribution in [2.24, 2.45) is 0 Å². The Labute approximate surface area is 92.4 Å². The Morgan fingerprint density at radius 2 is 2.06 bits per heavy atom. The molecular weight excluding hydrogens is 210 g/mol. The highest BCUT2D eigenvalue weighted by Crippen LogP contribution is 2.05. The maximum atomic E-state index is 11.5. The second-order valence-corrected chi connectivity index (χ2v) is 2.82. The van der Waals surface area contributed by atoms with Gasteiger partial charge in [0.15, 0.2) is 0 Å². The van der Waals surface area contributed by atoms with E-state index in [1.54, 1.807) is 25.3 Å². The number of ether oxygens (including phenoxy) is 1. The molecule has 5 nitrogen and oxygen atoms in total. The molecule has 0 saturated carbocycles. The molecule has 0 bridgehead atoms. The van der Waals surface area contributed by atoms with Gasteiger partial charge in [0.1, 0.15) is 0 Å². The average Bonchev–Trinajstić information content (AvgIpc) is 2.29. The van der Waals surface area contributed by atoms with E-state index in [4.69, 9.17) is 0 Å². The van der Waals surface area contributed by atoms with Crippen LogP contribution in [-0.2, 0) is 9.53 Å². The Balaban J connectivity index is 2.80. The minimum absolute atomic E-state index is 0.0885. The second kappa shape index (κ2) is 5.65. The lowest BCUT2D eigenvalue weighted by Gasteiger charge is -2.05. The van der Waals surface area contributed by atoms with Gasteiger partial charge in [-0.05, 0) is 13.0 Å². The Morgan fingerprint density at radius 3 is 2.69 bits per heavy atom. The highest BCUT2D eigenvalue weighted by molar-refractivity contribution is 6.07. The lowest BCUT2D eigenvalue weighted by molar-refractivity contribution is 0.0924. The van der Waals surface area contributed by atoms with Gasteiger partial charge in [0, 0.05) is 5.56 Å². The number of rotatable bonds is 3. The molecule has 0 unspecified atom stereocenters. The van der Waals surface area contributed by atoms with Crippen LogP contribution >= 0.6 is 0 Å². The smallest absolute Gasteiger partial charge is 0.414 e. The minimum atomic E-state index is -0.840. The van der Waals surface area contributed by atoms with Crippen molar-refractivity contribution in [3.63, 3.8) is 0 Å². The normalized spacial score (nSPS) is 9.31. The van der Waals surface area contributed by atoms with E-state index >= 15 is 0 Å². The van der Waals surface area contributed by atoms with Crippen LogP contribution in [0.3, 0.4) is 0 Å². The van der Waals surface area contributed by atoms with Gasteiger partial charge in [0.05, 0.1) is 12.2 Å². The van der Waals surface area contributed by atoms with Crippen molar-refractivity contribution < 1.29 is 19.1 Å². The molecule has 1 rings (SSSR count). The summed E-state index contributed by atoms with van der Waals surface area (Å²) in [7, 11) is 0. The molecule has 0 fully saturated rings. The number of alkyl carbamates (subject to hydrolysis) is 1. The SMILES string of the molecule is CCOC(=O)NC(=O)c1ccccc1[C]=O. The molecule has 0 aliphatic carbocycles. The van der Waals surface area contributed by atoms with Crippen LogP contribution in [0.2, 0.25) is 0 Å². The van der Waals surface area contributed by atoms with Gasteiger partial charge in [-0.25, -0.2) is 4.79 Å². The third-order valence-electron chi connectivity index (χ3n) is 1.77. The first kappa shape index (κ1) is 11.9. The third-order valence-corrected chi connectivity index (χ3v) is 1.77. The van der Waals surface area contributed by atoms with Crippen molar-refractivity contribution in [2.75, 3.05) is 6.61 Å². The van der Waals surface area contributed by atoms with Crippen LogP contribution in [0.1, 0.15) is 22.8 Å². The first-order valence-electron chi connectivity index (χ1n) is 4.64. The number of hydrogen-bond acceptors (Lipinski definition) is 4. The second-order valence-electron chi connectivity index (χ2n) is 2.82. The van der Waals surface area contributed by atoms with Crippen LogP contribution < -0.4 is 5.32 Å². The van der Waals surface area contributed by atoms with Gasteiger partial charge in [-0.1, -0.05) is 18.2 Å². The van der Waals surface area contributed by atoms with Crippen LogP contribution in [0.25, 0.3) is 0 Å². The molecule has 1 N–H and O–H groups in total. The molecule has 0 heterocycles. The Morgan fingerprint density at radius 1 is 1.38 bits per heavy atom. The summed E-state index contributed by atoms with van der Waals surface area (Å²) in [6.07, 6.45) is 0.779. The van der Waals surface area contributed by atoms with E-state index < -0.39 is 12.0 Å². The van der Waals surface area contributed by atoms with Crippen molar-refractivity contribution in [3.8, 4) is 0 Å². The van der Waals surface area contributed by atoms with E-state index in [1.165, 1.54) is 12.1 Å². The fourth-order valence-electron chi connectivity index (χ4n) is 1.10. The van der Waals surface area contributed by atoms with Gasteiger partial charge in [0.2, 0.25) is 6.29 Å². The van der Waals surface area contributed by atoms with E-state index in [9.17, 15) is 14.4 Å². The molecular formula is C11H10NO4. The predicted octanol–water partition coefficient (Wildman–Crippen LogP) is 1.03. The topological polar surface area (TPSA) is 72.5 Å². The summed E-state index contributed by atoms with van der Waals surface area (Å²) in [5.41, 5.74) is 0.190. The van der Waals surface area contributed by atoms with Gasteiger partial charge in [-0.3, -0.25) is 14.9 Å². The number of amides is 2. The number of hydrogen-bond donors (Lipinski definition) is 1. The fraction of sp³-hybridized carbons (Fsp3) is 0.182. The standard InChI is InChI=1S/C11H10NO4/c1-2-16-11(15)12-10(14)9-6-4-3-5-8(9)7-13/h3-6H,2H2,1H3,(H,12,14,15). The van der Waals surface area contributed by atoms with E-state index in [0.29, 0.717) is 0 Å². The Hall–Kier alpha value is -2.17. The van der Waals surface area contributed by atoms with Gasteiger partial charge in [0.25, 0.3) is 5.91 Å². The molecule has 0 spiro atoms. The van der Waals surface area contributed by atoms with Crippen molar-refractivity contribution in [3.05, 3.63) is 35.4 Å². The zero-order valence-electron chi connectivity index (χ0n) is 8.65. The molecule has 5 heteroatoms. The Bertz CT molecular complexity index is 414. The Kier molecular flexibility index (Phi) is 4.20. The average molecular weight is 220 g/mol. The van der Waals surface area contributed by atoms with E-state index in [1.807, 2.05) is 5.32 Å². The summed E-state index contributed by atoms with van der Waals surface area (Å²) in [6.45, 7) is 1.79. The lowest BCUT2D eigenvalue weighted by atomic mass is 10.1. The predicted molar refractivity (Wildman–Crippen MR) is 55.7 cm³/mol. The highest BCUT2D eigenvalue weighted by atomic mass is 16.5.